The smallest absolute Gasteiger partial charge is 0.435 e. The molecule has 4 aromatic heterocycles. The topological polar surface area (TPSA) is 375 Å². The van der Waals surface area contributed by atoms with Crippen molar-refractivity contribution in [1.29, 1.82) is 0 Å². The Balaban J connectivity index is 0.000000365. The van der Waals surface area contributed by atoms with E-state index in [9.17, 15) is 93.8 Å². The van der Waals surface area contributed by atoms with E-state index in [1.807, 2.05) is 0 Å². The summed E-state index contributed by atoms with van der Waals surface area (Å²) in [6.45, 7) is 19.1. The molecule has 8 aromatic rings. The van der Waals surface area contributed by atoms with Crippen LogP contribution in [0.1, 0.15) is 166 Å². The average molecular weight is 2260 g/mol. The standard InChI is InChI=1S/C22H17Cl2F3N2O6S.C21H15Cl2F3N2O4.C17H10Cl3F3N2O3.C9H5Cl2F3.C8H7ClN2O3.C6H15N.C5H8O.CH3ClO2S/c1-12(34-36(3,31)32)4-6-17-16(20(30)33-2)5-7-18(28-17)19-11-21(35-29-19,22(25,26)27)13-8-14(23)10-15(24)9-13;1-11(29)3-5-16-15(19(30)31-2)4-6-17(27-16)18-10-20(32-28-18,21(24,25)26)12-7-13(22)9-14(23)8-12;1-27-15(26)11-2-3-12(24-14(11)20)13-7-16(28-25-13,17(21,22)23)8-4-9(18)6-10(19)5-8;1-5(9(12,13)14)6-2-7(10)4-8(11)3-6;1-14-8(12)6-3-2-5(4-10-13)11-7(6)9;1-4-7(5-2)6-3;1-3-4-5(2)6;1-5(2,3)4/h5,7-10,12H,11H2,1-3H3;4,6-9,11,29H,10H2,1-2H3;2-6H,7H2,1H3;2-4H,1H2;2-4,13H,1H3;4-6H2,1-3H3;5-6H,1-2H3;1H3. The Morgan fingerprint density at radius 1 is 0.479 bits per heavy atom. The van der Waals surface area contributed by atoms with Crippen molar-refractivity contribution < 1.29 is 142 Å². The first-order valence-electron chi connectivity index (χ1n) is 39.6. The lowest BCUT2D eigenvalue weighted by Gasteiger charge is -2.29. The summed E-state index contributed by atoms with van der Waals surface area (Å²) in [5.41, 5.74) is -10.9. The number of carbonyl (C=O) groups excluding carboxylic acids is 4. The number of ether oxygens (including phenoxy) is 4. The van der Waals surface area contributed by atoms with Crippen LogP contribution in [-0.4, -0.2) is 208 Å². The number of methoxy groups -OCH3 is 4. The lowest BCUT2D eigenvalue weighted by Crippen LogP contribution is -2.42. The summed E-state index contributed by atoms with van der Waals surface area (Å²) in [5, 5.41) is 39.7. The van der Waals surface area contributed by atoms with Gasteiger partial charge in [0.25, 0.3) is 26.9 Å². The number of alkyl halides is 12. The van der Waals surface area contributed by atoms with Crippen molar-refractivity contribution >= 4 is 199 Å². The fourth-order valence-corrected chi connectivity index (χ4v) is 14.7. The molecule has 0 fully saturated rings. The molecule has 7 heterocycles. The summed E-state index contributed by atoms with van der Waals surface area (Å²) in [6, 6.07) is 24.8. The summed E-state index contributed by atoms with van der Waals surface area (Å²) >= 11 is 58.1. The van der Waals surface area contributed by atoms with E-state index in [4.69, 9.17) is 145 Å². The van der Waals surface area contributed by atoms with Crippen molar-refractivity contribution in [3.63, 3.8) is 0 Å². The number of aliphatic hydroxyl groups excluding tert-OH is 2. The van der Waals surface area contributed by atoms with Crippen molar-refractivity contribution in [2.75, 3.05) is 60.6 Å². The largest absolute Gasteiger partial charge is 0.465 e. The normalized spacial score (nSPS) is 16.3. The van der Waals surface area contributed by atoms with Crippen LogP contribution in [0.2, 0.25) is 50.5 Å². The van der Waals surface area contributed by atoms with Gasteiger partial charge in [0, 0.05) is 67.6 Å². The number of allylic oxidation sites excluding steroid dienone is 1. The summed E-state index contributed by atoms with van der Waals surface area (Å²) in [5.74, 6) is 12.2. The quantitative estimate of drug-likeness (QED) is 0.00728. The second kappa shape index (κ2) is 54.6. The van der Waals surface area contributed by atoms with Gasteiger partial charge in [-0.15, -0.1) is 5.92 Å². The maximum Gasteiger partial charge on any atom is 0.435 e. The Hall–Kier alpha value is -10.3. The molecule has 0 aliphatic carbocycles. The van der Waals surface area contributed by atoms with Gasteiger partial charge in [-0.1, -0.05) is 182 Å². The van der Waals surface area contributed by atoms with Gasteiger partial charge in [0.1, 0.15) is 57.1 Å². The predicted molar refractivity (Wildman–Crippen MR) is 513 cm³/mol. The summed E-state index contributed by atoms with van der Waals surface area (Å²) < 4.78 is 228. The SMILES string of the molecule is C=C(c1cc(Cl)cc(Cl)c1)C(F)(F)F.CC#CC(C)O.CCN(CC)CC.COC(=O)c1ccc(C2=NOC(c3cc(Cl)cc(Cl)c3)(C(F)(F)F)C2)nc1C#CC(C)O.COC(=O)c1ccc(C2=NOC(c3cc(Cl)cc(Cl)c3)(C(F)(F)F)C2)nc1C#CC(C)OS(C)(=O)=O.COC(=O)c1ccc(C2=NOC(c3cc(Cl)cc(Cl)c3)(C(F)(F)F)C2)nc1Cl.COC(=O)c1ccc(C=NO)nc1Cl.CS(=O)(=O)Cl. The number of oxime groups is 4. The van der Waals surface area contributed by atoms with Crippen molar-refractivity contribution in [2.45, 2.75) is 128 Å². The zero-order chi connectivity index (χ0) is 108. The van der Waals surface area contributed by atoms with Gasteiger partial charge in [-0.05, 0) is 186 Å². The molecule has 0 spiro atoms. The van der Waals surface area contributed by atoms with Crippen LogP contribution < -0.4 is 0 Å². The molecule has 11 rings (SSSR count). The monoisotopic (exact) mass is 2260 g/mol. The van der Waals surface area contributed by atoms with Gasteiger partial charge in [0.05, 0.1) is 117 Å². The number of rotatable bonds is 17. The molecule has 3 aliphatic rings. The van der Waals surface area contributed by atoms with Crippen molar-refractivity contribution in [3.8, 4) is 35.5 Å². The third-order valence-corrected chi connectivity index (χ3v) is 21.1. The first-order valence-corrected chi connectivity index (χ1v) is 47.9. The summed E-state index contributed by atoms with van der Waals surface area (Å²) in [6.07, 6.45) is -21.0. The molecule has 6 unspecified atom stereocenters. The molecule has 28 nitrogen and oxygen atoms in total. The van der Waals surface area contributed by atoms with Crippen LogP contribution in [-0.2, 0) is 73.6 Å². The number of carbonyl (C=O) groups is 4. The van der Waals surface area contributed by atoms with E-state index < -0.39 is 128 Å². The number of pyridine rings is 4. The number of hydrogen-bond acceptors (Lipinski definition) is 28. The van der Waals surface area contributed by atoms with Gasteiger partial charge in [-0.25, -0.2) is 47.5 Å². The number of aliphatic hydroxyl groups is 2. The maximum atomic E-state index is 14.2. The minimum atomic E-state index is -4.92. The van der Waals surface area contributed by atoms with Crippen LogP contribution in [0, 0.1) is 35.5 Å². The van der Waals surface area contributed by atoms with Crippen LogP contribution in [0.5, 0.6) is 0 Å². The molecule has 3 N–H and O–H groups in total. The number of hydrogen-bond donors (Lipinski definition) is 3. The second-order valence-electron chi connectivity index (χ2n) is 28.5. The first-order chi connectivity index (χ1) is 65.8. The Kier molecular flexibility index (Phi) is 47.7. The summed E-state index contributed by atoms with van der Waals surface area (Å²) in [7, 11) is 2.18. The molecule has 4 aromatic carbocycles. The van der Waals surface area contributed by atoms with Gasteiger partial charge in [0.15, 0.2) is 0 Å². The van der Waals surface area contributed by atoms with Crippen LogP contribution in [0.4, 0.5) is 52.7 Å². The highest BCUT2D eigenvalue weighted by Gasteiger charge is 2.65. The molecule has 768 valence electrons. The fraction of sp³-hybridized carbons (Fsp3) is 0.326. The highest BCUT2D eigenvalue weighted by Crippen LogP contribution is 2.53. The zero-order valence-corrected chi connectivity index (χ0v) is 85.7. The third kappa shape index (κ3) is 37.1. The summed E-state index contributed by atoms with van der Waals surface area (Å²) in [4.78, 5) is 79.9. The van der Waals surface area contributed by atoms with E-state index in [1.165, 1.54) is 126 Å². The second-order valence-corrected chi connectivity index (χ2v) is 37.4. The van der Waals surface area contributed by atoms with E-state index >= 15 is 0 Å². The molecule has 53 heteroatoms. The molecule has 0 saturated carbocycles. The number of esters is 4. The molecule has 0 radical (unpaired) electrons. The molecule has 142 heavy (non-hydrogen) atoms. The maximum absolute atomic E-state index is 14.2. The Morgan fingerprint density at radius 3 is 1.02 bits per heavy atom. The first kappa shape index (κ1) is 124. The highest BCUT2D eigenvalue weighted by molar-refractivity contribution is 8.13. The van der Waals surface area contributed by atoms with Crippen LogP contribution in [0.25, 0.3) is 5.57 Å². The zero-order valence-electron chi connectivity index (χ0n) is 75.7. The van der Waals surface area contributed by atoms with E-state index in [2.05, 4.69) is 138 Å². The lowest BCUT2D eigenvalue weighted by atomic mass is 9.87. The fourth-order valence-electron chi connectivity index (χ4n) is 11.6. The predicted octanol–water partition coefficient (Wildman–Crippen LogP) is 22.2. The van der Waals surface area contributed by atoms with Crippen molar-refractivity contribution in [1.82, 2.24) is 24.8 Å². The number of benzene rings is 4. The Morgan fingerprint density at radius 2 is 0.768 bits per heavy atom. The van der Waals surface area contributed by atoms with Crippen LogP contribution in [0.3, 0.4) is 0 Å². The molecular weight excluding hydrogens is 2180 g/mol. The minimum absolute atomic E-state index is 0.00409. The van der Waals surface area contributed by atoms with Gasteiger partial charge in [0.2, 0.25) is 9.05 Å². The van der Waals surface area contributed by atoms with Gasteiger partial charge >= 0.3 is 48.6 Å². The average Bonchev–Trinajstić information content (AvgIpc) is 1.59. The third-order valence-electron chi connectivity index (χ3n) is 18.1. The number of aromatic nitrogens is 4. The molecule has 0 saturated heterocycles. The van der Waals surface area contributed by atoms with E-state index in [0.717, 1.165) is 76.5 Å². The Bertz CT molecular complexity index is 6380. The number of nitrogens with zero attached hydrogens (tertiary/aromatic N) is 9. The van der Waals surface area contributed by atoms with Crippen molar-refractivity contribution in [3.05, 3.63) is 257 Å². The molecular formula is C89H80Cl11F12N9O19S2. The van der Waals surface area contributed by atoms with E-state index in [1.54, 1.807) is 13.8 Å². The highest BCUT2D eigenvalue weighted by atomic mass is 35.7. The van der Waals surface area contributed by atoms with Crippen molar-refractivity contribution in [2.24, 2.45) is 20.6 Å². The van der Waals surface area contributed by atoms with E-state index in [0.29, 0.717) is 5.69 Å². The lowest BCUT2D eigenvalue weighted by molar-refractivity contribution is -0.276. The molecule has 3 aliphatic heterocycles. The van der Waals surface area contributed by atoms with Gasteiger partial charge in [-0.3, -0.25) is 4.18 Å². The van der Waals surface area contributed by atoms with E-state index in [-0.39, 0.29) is 141 Å². The van der Waals surface area contributed by atoms with Crippen LogP contribution in [0.15, 0.2) is 149 Å². The number of halogens is 23. The molecule has 6 atom stereocenters. The molecule has 0 bridgehead atoms. The van der Waals surface area contributed by atoms with Gasteiger partial charge < -0.3 is 53.8 Å². The Labute approximate surface area is 860 Å². The minimum Gasteiger partial charge on any atom is -0.465 e. The molecule has 0 amide bonds. The van der Waals surface area contributed by atoms with Gasteiger partial charge in [-0.2, -0.15) is 61.1 Å². The van der Waals surface area contributed by atoms with Crippen LogP contribution >= 0.6 is 127 Å².